The number of aliphatic hydroxyl groups is 1. The molecule has 172 valence electrons. The van der Waals surface area contributed by atoms with Crippen molar-refractivity contribution in [2.24, 2.45) is 10.9 Å². The zero-order valence-corrected chi connectivity index (χ0v) is 18.3. The molecule has 0 saturated carbocycles. The molecule has 0 fully saturated rings. The molecule has 0 spiro atoms. The molecule has 0 saturated heterocycles. The number of hydrogen-bond donors (Lipinski definition) is 3. The van der Waals surface area contributed by atoms with Gasteiger partial charge in [0.25, 0.3) is 0 Å². The average molecular weight is 451 g/mol. The van der Waals surface area contributed by atoms with Gasteiger partial charge in [-0.25, -0.2) is 14.8 Å². The van der Waals surface area contributed by atoms with Crippen LogP contribution in [0.2, 0.25) is 0 Å². The molecule has 2 aliphatic rings. The second-order valence-electron chi connectivity index (χ2n) is 7.50. The predicted molar refractivity (Wildman–Crippen MR) is 123 cm³/mol. The summed E-state index contributed by atoms with van der Waals surface area (Å²) in [6.45, 7) is 3.95. The van der Waals surface area contributed by atoms with Crippen molar-refractivity contribution < 1.29 is 28.9 Å². The number of ether oxygens (including phenoxy) is 2. The second-order valence-corrected chi connectivity index (χ2v) is 7.50. The Kier molecular flexibility index (Phi) is 6.60. The van der Waals surface area contributed by atoms with Gasteiger partial charge in [0.05, 0.1) is 19.3 Å². The quantitative estimate of drug-likeness (QED) is 0.519. The van der Waals surface area contributed by atoms with Crippen LogP contribution in [0.4, 0.5) is 11.7 Å². The van der Waals surface area contributed by atoms with E-state index < -0.39 is 5.97 Å². The lowest BCUT2D eigenvalue weighted by Crippen LogP contribution is -2.27. The highest BCUT2D eigenvalue weighted by molar-refractivity contribution is 6.21. The fraction of sp³-hybridized carbons (Fsp3) is 0.292. The smallest absolute Gasteiger partial charge is 0.347 e. The Morgan fingerprint density at radius 1 is 1.39 bits per heavy atom. The van der Waals surface area contributed by atoms with Gasteiger partial charge < -0.3 is 29.4 Å². The number of fused-ring (bicyclic) bond motifs is 1. The summed E-state index contributed by atoms with van der Waals surface area (Å²) in [5, 5.41) is 23.0. The standard InChI is InChI=1S/C24H25N3O6/c1-3-31-24(30)20-21(29)19(12-15-13-26-22-17(15)5-4-8-25-22)33-23(20)27-18-7-6-16(11-14(18)2)32-10-9-28/h4-8,11-14,18,27-29H,3,9-10H2,1-2H3. The van der Waals surface area contributed by atoms with Crippen LogP contribution in [0.15, 0.2) is 51.7 Å². The van der Waals surface area contributed by atoms with Crippen LogP contribution in [-0.4, -0.2) is 53.2 Å². The minimum absolute atomic E-state index is 0.0206. The topological polar surface area (TPSA) is 126 Å². The van der Waals surface area contributed by atoms with Crippen LogP contribution in [0.25, 0.3) is 11.6 Å². The van der Waals surface area contributed by atoms with Crippen molar-refractivity contribution in [2.45, 2.75) is 19.9 Å². The van der Waals surface area contributed by atoms with Crippen molar-refractivity contribution in [3.8, 4) is 5.75 Å². The summed E-state index contributed by atoms with van der Waals surface area (Å²) in [4.78, 5) is 21.1. The Balaban J connectivity index is 1.64. The van der Waals surface area contributed by atoms with Crippen LogP contribution < -0.4 is 5.32 Å². The molecule has 2 aromatic rings. The lowest BCUT2D eigenvalue weighted by atomic mass is 9.96. The number of aliphatic hydroxyl groups excluding tert-OH is 1. The van der Waals surface area contributed by atoms with E-state index in [1.807, 2.05) is 25.1 Å². The number of rotatable bonds is 8. The Morgan fingerprint density at radius 2 is 2.24 bits per heavy atom. The molecule has 33 heavy (non-hydrogen) atoms. The van der Waals surface area contributed by atoms with Crippen molar-refractivity contribution in [3.05, 3.63) is 59.2 Å². The summed E-state index contributed by atoms with van der Waals surface area (Å²) in [5.74, 6) is 0.411. The molecule has 3 N–H and O–H groups in total. The second kappa shape index (κ2) is 9.74. The first-order valence-electron chi connectivity index (χ1n) is 10.7. The van der Waals surface area contributed by atoms with Gasteiger partial charge in [0.15, 0.2) is 22.9 Å². The fourth-order valence-electron chi connectivity index (χ4n) is 3.60. The number of nitrogens with zero attached hydrogens (tertiary/aromatic N) is 2. The molecule has 1 aliphatic carbocycles. The zero-order chi connectivity index (χ0) is 23.4. The summed E-state index contributed by atoms with van der Waals surface area (Å²) < 4.78 is 16.5. The van der Waals surface area contributed by atoms with Gasteiger partial charge in [-0.15, -0.1) is 0 Å². The van der Waals surface area contributed by atoms with Gasteiger partial charge in [-0.2, -0.15) is 0 Å². The number of allylic oxidation sites excluding steroid dienone is 2. The van der Waals surface area contributed by atoms with Crippen molar-refractivity contribution in [1.82, 2.24) is 4.98 Å². The molecule has 2 unspecified atom stereocenters. The van der Waals surface area contributed by atoms with Gasteiger partial charge in [0.1, 0.15) is 12.4 Å². The van der Waals surface area contributed by atoms with Crippen LogP contribution in [0.1, 0.15) is 35.5 Å². The van der Waals surface area contributed by atoms with Crippen LogP contribution in [0, 0.1) is 5.92 Å². The maximum atomic E-state index is 12.6. The van der Waals surface area contributed by atoms with E-state index in [4.69, 9.17) is 19.0 Å². The van der Waals surface area contributed by atoms with E-state index in [0.717, 1.165) is 5.56 Å². The van der Waals surface area contributed by atoms with E-state index >= 15 is 0 Å². The van der Waals surface area contributed by atoms with E-state index in [1.54, 1.807) is 37.6 Å². The highest BCUT2D eigenvalue weighted by Crippen LogP contribution is 2.39. The molecule has 0 radical (unpaired) electrons. The monoisotopic (exact) mass is 451 g/mol. The minimum atomic E-state index is -0.692. The van der Waals surface area contributed by atoms with Crippen molar-refractivity contribution in [2.75, 3.05) is 25.1 Å². The number of aromatic hydroxyl groups is 1. The first-order valence-corrected chi connectivity index (χ1v) is 10.7. The molecule has 2 atom stereocenters. The van der Waals surface area contributed by atoms with Gasteiger partial charge in [0.2, 0.25) is 5.88 Å². The van der Waals surface area contributed by atoms with Crippen LogP contribution in [0.3, 0.4) is 0 Å². The number of hydrogen-bond acceptors (Lipinski definition) is 9. The number of aromatic nitrogens is 1. The number of esters is 1. The summed E-state index contributed by atoms with van der Waals surface area (Å²) in [6.07, 6.45) is 10.4. The normalized spacial score (nSPS) is 20.0. The molecule has 2 aromatic heterocycles. The van der Waals surface area contributed by atoms with Crippen LogP contribution in [0.5, 0.6) is 5.75 Å². The van der Waals surface area contributed by atoms with Gasteiger partial charge >= 0.3 is 5.97 Å². The zero-order valence-electron chi connectivity index (χ0n) is 18.3. The fourth-order valence-corrected chi connectivity index (χ4v) is 3.60. The Hall–Kier alpha value is -3.85. The van der Waals surface area contributed by atoms with Crippen LogP contribution in [-0.2, 0) is 9.47 Å². The summed E-state index contributed by atoms with van der Waals surface area (Å²) in [5.41, 5.74) is 1.42. The predicted octanol–water partition coefficient (Wildman–Crippen LogP) is 3.69. The maximum Gasteiger partial charge on any atom is 0.347 e. The van der Waals surface area contributed by atoms with E-state index in [9.17, 15) is 9.90 Å². The third-order valence-corrected chi connectivity index (χ3v) is 5.22. The summed E-state index contributed by atoms with van der Waals surface area (Å²) >= 11 is 0. The number of nitrogens with one attached hydrogen (secondary N) is 1. The minimum Gasteiger partial charge on any atom is -0.504 e. The third-order valence-electron chi connectivity index (χ3n) is 5.22. The van der Waals surface area contributed by atoms with Crippen LogP contribution >= 0.6 is 0 Å². The van der Waals surface area contributed by atoms with E-state index in [-0.39, 0.29) is 54.7 Å². The molecule has 0 aromatic carbocycles. The summed E-state index contributed by atoms with van der Waals surface area (Å²) in [7, 11) is 0. The molecule has 0 amide bonds. The van der Waals surface area contributed by atoms with Gasteiger partial charge in [-0.1, -0.05) is 13.0 Å². The molecule has 1 aliphatic heterocycles. The molecular weight excluding hydrogens is 426 g/mol. The average Bonchev–Trinajstić information content (AvgIpc) is 3.35. The first-order chi connectivity index (χ1) is 16.0. The number of carbonyl (C=O) groups excluding carboxylic acids is 1. The van der Waals surface area contributed by atoms with E-state index in [1.165, 1.54) is 0 Å². The van der Waals surface area contributed by atoms with Gasteiger partial charge in [0, 0.05) is 29.5 Å². The van der Waals surface area contributed by atoms with E-state index in [2.05, 4.69) is 15.3 Å². The Morgan fingerprint density at radius 3 is 3.00 bits per heavy atom. The molecule has 9 nitrogen and oxygen atoms in total. The SMILES string of the molecule is CCOC(=O)c1c(NC2C=CC(OCCO)=CC2C)oc(C=C2C=Nc3ncccc32)c1O. The van der Waals surface area contributed by atoms with Gasteiger partial charge in [-0.05, 0) is 37.3 Å². The maximum absolute atomic E-state index is 12.6. The van der Waals surface area contributed by atoms with E-state index in [0.29, 0.717) is 17.2 Å². The number of pyridine rings is 1. The molecule has 3 heterocycles. The third kappa shape index (κ3) is 4.68. The Bertz CT molecular complexity index is 1160. The van der Waals surface area contributed by atoms with Crippen molar-refractivity contribution >= 4 is 35.5 Å². The molecule has 4 rings (SSSR count). The van der Waals surface area contributed by atoms with Crippen molar-refractivity contribution in [1.29, 1.82) is 0 Å². The molecule has 9 heteroatoms. The highest BCUT2D eigenvalue weighted by atomic mass is 16.5. The molecule has 0 bridgehead atoms. The lowest BCUT2D eigenvalue weighted by Gasteiger charge is -2.24. The number of aliphatic imine (C=N–C) groups is 1. The Labute approximate surface area is 190 Å². The van der Waals surface area contributed by atoms with Gasteiger partial charge in [-0.3, -0.25) is 0 Å². The largest absolute Gasteiger partial charge is 0.504 e. The number of anilines is 1. The van der Waals surface area contributed by atoms with Crippen molar-refractivity contribution in [3.63, 3.8) is 0 Å². The first kappa shape index (κ1) is 22.3. The lowest BCUT2D eigenvalue weighted by molar-refractivity contribution is 0.0524. The highest BCUT2D eigenvalue weighted by Gasteiger charge is 2.29. The number of carbonyl (C=O) groups is 1. The summed E-state index contributed by atoms with van der Waals surface area (Å²) in [6, 6.07) is 3.43. The molecular formula is C24H25N3O6. The number of furan rings is 1.